The second kappa shape index (κ2) is 17.3. The van der Waals surface area contributed by atoms with E-state index in [4.69, 9.17) is 19.5 Å². The molecule has 3 aromatic rings. The fourth-order valence-corrected chi connectivity index (χ4v) is 6.36. The fraction of sp³-hybridized carbons (Fsp3) is 0.371. The van der Waals surface area contributed by atoms with Crippen LogP contribution in [0.1, 0.15) is 42.4 Å². The van der Waals surface area contributed by atoms with Crippen molar-refractivity contribution < 1.29 is 63.0 Å². The Kier molecular flexibility index (Phi) is 13.2. The van der Waals surface area contributed by atoms with E-state index >= 15 is 0 Å². The van der Waals surface area contributed by atoms with Gasteiger partial charge in [0.25, 0.3) is 0 Å². The first-order valence-corrected chi connectivity index (χ1v) is 15.9. The Morgan fingerprint density at radius 1 is 0.612 bits per heavy atom. The quantitative estimate of drug-likeness (QED) is 0.250. The standard InChI is InChI=1S/C21H22N2O4.C14H16N2O4.Li.H2O/c24-20(26-14-16-7-3-1-4-8-16)19-12-11-18-13-22(19)21(25)23(18)27-15-17-9-5-2-6-10-17;17-13(18)12-7-6-11-8-15(12)14(19)16(11)20-9-10-4-2-1-3-5-10;;/h1-10,18-19H,11-15H2;1-5,11-12H,6-9H2,(H,17,18);;1H2/q;;+1;/p-1/t18-,19+;11-,12+;;/m11../s1. The van der Waals surface area contributed by atoms with Crippen molar-refractivity contribution >= 4 is 24.0 Å². The molecule has 4 amide bonds. The Balaban J connectivity index is 0.000000221. The zero-order valence-corrected chi connectivity index (χ0v) is 27.4. The van der Waals surface area contributed by atoms with E-state index in [2.05, 4.69) is 0 Å². The first kappa shape index (κ1) is 37.4. The van der Waals surface area contributed by atoms with Gasteiger partial charge in [0.15, 0.2) is 0 Å². The van der Waals surface area contributed by atoms with Gasteiger partial charge < -0.3 is 25.1 Å². The molecule has 0 saturated carbocycles. The van der Waals surface area contributed by atoms with Crippen LogP contribution in [0.25, 0.3) is 0 Å². The molecule has 4 fully saturated rings. The molecule has 0 aliphatic carbocycles. The first-order chi connectivity index (χ1) is 22.9. The molecule has 0 spiro atoms. The zero-order valence-electron chi connectivity index (χ0n) is 27.4. The van der Waals surface area contributed by atoms with Crippen molar-refractivity contribution in [3.05, 3.63) is 108 Å². The first-order valence-electron chi connectivity index (χ1n) is 15.9. The molecule has 4 aliphatic rings. The maximum Gasteiger partial charge on any atom is 1.00 e. The molecule has 2 N–H and O–H groups in total. The van der Waals surface area contributed by atoms with Crippen molar-refractivity contribution in [3.8, 4) is 0 Å². The number of piperidine rings is 2. The monoisotopic (exact) mass is 666 g/mol. The molecular weight excluding hydrogens is 627 g/mol. The van der Waals surface area contributed by atoms with Gasteiger partial charge in [0.2, 0.25) is 0 Å². The number of hydrogen-bond donors (Lipinski definition) is 1. The van der Waals surface area contributed by atoms with Gasteiger partial charge in [0.05, 0.1) is 12.1 Å². The number of esters is 1. The average molecular weight is 667 g/mol. The number of hydrogen-bond acceptors (Lipinski definition) is 8. The minimum atomic E-state index is -0.943. The molecule has 4 atom stereocenters. The van der Waals surface area contributed by atoms with Crippen LogP contribution in [-0.4, -0.2) is 91.8 Å². The van der Waals surface area contributed by atoms with E-state index in [0.717, 1.165) is 23.1 Å². The number of benzene rings is 3. The Hall–Kier alpha value is -4.38. The minimum Gasteiger partial charge on any atom is -0.870 e. The van der Waals surface area contributed by atoms with Gasteiger partial charge in [0.1, 0.15) is 31.9 Å². The van der Waals surface area contributed by atoms with Crippen molar-refractivity contribution in [2.45, 2.75) is 69.7 Å². The van der Waals surface area contributed by atoms with Crippen LogP contribution in [-0.2, 0) is 43.8 Å². The summed E-state index contributed by atoms with van der Waals surface area (Å²) < 4.78 is 5.44. The molecule has 4 saturated heterocycles. The molecule has 49 heavy (non-hydrogen) atoms. The molecule has 3 aromatic carbocycles. The van der Waals surface area contributed by atoms with Gasteiger partial charge in [-0.1, -0.05) is 91.0 Å². The number of carbonyl (C=O) groups excluding carboxylic acids is 3. The number of carbonyl (C=O) groups is 4. The third kappa shape index (κ3) is 8.81. The summed E-state index contributed by atoms with van der Waals surface area (Å²) >= 11 is 0. The van der Waals surface area contributed by atoms with Crippen molar-refractivity contribution in [3.63, 3.8) is 0 Å². The molecule has 14 heteroatoms. The van der Waals surface area contributed by atoms with Crippen molar-refractivity contribution in [2.75, 3.05) is 13.1 Å². The van der Waals surface area contributed by atoms with Crippen LogP contribution in [0.15, 0.2) is 91.0 Å². The normalized spacial score (nSPS) is 22.0. The molecular formula is C35H39LiN4O9. The number of aliphatic carboxylic acids is 1. The largest absolute Gasteiger partial charge is 1.00 e. The summed E-state index contributed by atoms with van der Waals surface area (Å²) in [5, 5.41) is 11.9. The van der Waals surface area contributed by atoms with Crippen LogP contribution < -0.4 is 18.9 Å². The van der Waals surface area contributed by atoms with Gasteiger partial charge >= 0.3 is 42.9 Å². The van der Waals surface area contributed by atoms with E-state index in [1.807, 2.05) is 91.0 Å². The Morgan fingerprint density at radius 2 is 1.00 bits per heavy atom. The third-order valence-corrected chi connectivity index (χ3v) is 8.85. The Bertz CT molecular complexity index is 1550. The average Bonchev–Trinajstić information content (AvgIpc) is 3.49. The number of hydroxylamine groups is 4. The number of carboxylic acid groups (broad SMARTS) is 1. The summed E-state index contributed by atoms with van der Waals surface area (Å²) in [4.78, 5) is 62.9. The van der Waals surface area contributed by atoms with Crippen LogP contribution in [0.2, 0.25) is 0 Å². The van der Waals surface area contributed by atoms with Crippen LogP contribution in [0, 0.1) is 0 Å². The summed E-state index contributed by atoms with van der Waals surface area (Å²) in [6, 6.07) is 26.9. The molecule has 0 unspecified atom stereocenters. The van der Waals surface area contributed by atoms with E-state index in [0.29, 0.717) is 45.6 Å². The molecule has 0 radical (unpaired) electrons. The summed E-state index contributed by atoms with van der Waals surface area (Å²) in [6.45, 7) is 1.80. The van der Waals surface area contributed by atoms with Crippen LogP contribution in [0.3, 0.4) is 0 Å². The molecule has 13 nitrogen and oxygen atoms in total. The number of ether oxygens (including phenoxy) is 1. The summed E-state index contributed by atoms with van der Waals surface area (Å²) in [6.07, 6.45) is 2.46. The number of carboxylic acids is 1. The maximum absolute atomic E-state index is 12.7. The molecule has 4 heterocycles. The minimum absolute atomic E-state index is 0. The van der Waals surface area contributed by atoms with Gasteiger partial charge in [0, 0.05) is 13.1 Å². The van der Waals surface area contributed by atoms with Crippen LogP contribution in [0.4, 0.5) is 9.59 Å². The van der Waals surface area contributed by atoms with Gasteiger partial charge in [-0.15, -0.1) is 0 Å². The van der Waals surface area contributed by atoms with Gasteiger partial charge in [-0.05, 0) is 42.4 Å². The second-order valence-electron chi connectivity index (χ2n) is 12.0. The second-order valence-corrected chi connectivity index (χ2v) is 12.0. The molecule has 4 aliphatic heterocycles. The van der Waals surface area contributed by atoms with Crippen molar-refractivity contribution in [1.29, 1.82) is 0 Å². The van der Waals surface area contributed by atoms with Crippen molar-refractivity contribution in [1.82, 2.24) is 19.9 Å². The van der Waals surface area contributed by atoms with Crippen LogP contribution >= 0.6 is 0 Å². The molecule has 0 aromatic heterocycles. The smallest absolute Gasteiger partial charge is 0.870 e. The molecule has 7 rings (SSSR count). The van der Waals surface area contributed by atoms with Crippen LogP contribution in [0.5, 0.6) is 0 Å². The van der Waals surface area contributed by atoms with Gasteiger partial charge in [-0.25, -0.2) is 19.2 Å². The number of nitrogens with zero attached hydrogens (tertiary/aromatic N) is 4. The molecule has 4 bridgehead atoms. The number of rotatable bonds is 10. The van der Waals surface area contributed by atoms with Crippen molar-refractivity contribution in [2.24, 2.45) is 0 Å². The third-order valence-electron chi connectivity index (χ3n) is 8.85. The molecule has 254 valence electrons. The van der Waals surface area contributed by atoms with E-state index in [1.165, 1.54) is 15.0 Å². The Morgan fingerprint density at radius 3 is 1.43 bits per heavy atom. The summed E-state index contributed by atoms with van der Waals surface area (Å²) in [7, 11) is 0. The van der Waals surface area contributed by atoms with E-state index in [1.54, 1.807) is 4.90 Å². The van der Waals surface area contributed by atoms with Gasteiger partial charge in [-0.2, -0.15) is 10.1 Å². The Labute approximate surface area is 296 Å². The fourth-order valence-electron chi connectivity index (χ4n) is 6.36. The number of fused-ring (bicyclic) bond motifs is 4. The van der Waals surface area contributed by atoms with E-state index < -0.39 is 18.1 Å². The summed E-state index contributed by atoms with van der Waals surface area (Å²) in [5.41, 5.74) is 2.91. The predicted octanol–water partition coefficient (Wildman–Crippen LogP) is 1.43. The zero-order chi connectivity index (χ0) is 32.8. The van der Waals surface area contributed by atoms with E-state index in [9.17, 15) is 19.2 Å². The SMILES string of the molecule is O=C(O)[C@@H]1CC[C@@H]2CN1C(=O)N2OCc1ccccc1.O=C(OCc1ccccc1)[C@@H]1CC[C@@H]2CN1C(=O)N2OCc1ccccc1.[Li+].[OH-]. The number of urea groups is 2. The number of amides is 4. The summed E-state index contributed by atoms with van der Waals surface area (Å²) in [5.74, 6) is -1.29. The van der Waals surface area contributed by atoms with E-state index in [-0.39, 0.29) is 61.1 Å². The topological polar surface area (TPSA) is 159 Å². The van der Waals surface area contributed by atoms with Gasteiger partial charge in [-0.3, -0.25) is 9.68 Å². The maximum atomic E-state index is 12.7. The predicted molar refractivity (Wildman–Crippen MR) is 170 cm³/mol.